The minimum Gasteiger partial charge on any atom is -0.481 e. The molecule has 286 valence electrons. The average Bonchev–Trinajstić information content (AvgIpc) is 3.39. The molecule has 1 heterocycles. The van der Waals surface area contributed by atoms with E-state index in [4.69, 9.17) is 5.73 Å². The summed E-state index contributed by atoms with van der Waals surface area (Å²) in [6.07, 6.45) is 2.31. The van der Waals surface area contributed by atoms with Gasteiger partial charge in [0.2, 0.25) is 47.3 Å². The van der Waals surface area contributed by atoms with E-state index in [-0.39, 0.29) is 42.5 Å². The summed E-state index contributed by atoms with van der Waals surface area (Å²) in [5, 5.41) is 21.2. The van der Waals surface area contributed by atoms with E-state index in [1.54, 1.807) is 30.3 Å². The molecule has 0 aromatic heterocycles. The van der Waals surface area contributed by atoms with Crippen molar-refractivity contribution in [2.24, 2.45) is 17.1 Å². The van der Waals surface area contributed by atoms with E-state index in [9.17, 15) is 48.3 Å². The number of nitrogens with one attached hydrogen (secondary N) is 5. The van der Waals surface area contributed by atoms with Crippen molar-refractivity contribution < 1.29 is 48.3 Å². The molecule has 17 nitrogen and oxygen atoms in total. The minimum atomic E-state index is -1.25. The summed E-state index contributed by atoms with van der Waals surface area (Å²) < 4.78 is 0. The van der Waals surface area contributed by atoms with Crippen LogP contribution in [-0.2, 0) is 43.2 Å². The summed E-state index contributed by atoms with van der Waals surface area (Å²) in [6, 6.07) is 5.90. The van der Waals surface area contributed by atoms with Gasteiger partial charge in [0.1, 0.15) is 6.04 Å². The highest BCUT2D eigenvalue weighted by Gasteiger charge is 2.46. The average molecular weight is 730 g/mol. The second-order valence-electron chi connectivity index (χ2n) is 13.0. The molecular formula is C35H51N7O10. The number of unbranched alkanes of at least 4 members (excludes halogenated alkanes) is 2. The van der Waals surface area contributed by atoms with Gasteiger partial charge in [0.25, 0.3) is 0 Å². The first-order valence-corrected chi connectivity index (χ1v) is 17.4. The van der Waals surface area contributed by atoms with Crippen molar-refractivity contribution in [2.75, 3.05) is 26.2 Å². The molecule has 8 N–H and O–H groups in total. The first-order chi connectivity index (χ1) is 24.6. The van der Waals surface area contributed by atoms with E-state index in [1.165, 1.54) is 4.90 Å². The summed E-state index contributed by atoms with van der Waals surface area (Å²) >= 11 is 0. The summed E-state index contributed by atoms with van der Waals surface area (Å²) in [5.74, 6) is -6.09. The number of hydrogen-bond donors (Lipinski definition) is 7. The molecule has 1 aromatic carbocycles. The number of benzene rings is 1. The Bertz CT molecular complexity index is 1460. The molecule has 0 bridgehead atoms. The Morgan fingerprint density at radius 3 is 2.08 bits per heavy atom. The third-order valence-electron chi connectivity index (χ3n) is 9.23. The third-order valence-corrected chi connectivity index (χ3v) is 9.23. The SMILES string of the molecule is CCC(C)(CC)C1CC(=O)N(CCCCCC(=O)NC(CC(=O)O)CC(=O)NCC(=O)NCC(=O)N[C@H](C(=O)NCC(N)=O)c2ccccc2)C1=O. The Kier molecular flexibility index (Phi) is 17.4. The van der Waals surface area contributed by atoms with Gasteiger partial charge < -0.3 is 37.4 Å². The van der Waals surface area contributed by atoms with Crippen molar-refractivity contribution in [3.05, 3.63) is 35.9 Å². The van der Waals surface area contributed by atoms with Crippen molar-refractivity contribution in [1.82, 2.24) is 31.5 Å². The van der Waals surface area contributed by atoms with Crippen LogP contribution in [0.4, 0.5) is 0 Å². The Morgan fingerprint density at radius 2 is 1.46 bits per heavy atom. The van der Waals surface area contributed by atoms with Gasteiger partial charge in [-0.1, -0.05) is 57.5 Å². The van der Waals surface area contributed by atoms with Gasteiger partial charge in [0, 0.05) is 31.8 Å². The van der Waals surface area contributed by atoms with Crippen LogP contribution in [0.2, 0.25) is 0 Å². The van der Waals surface area contributed by atoms with Crippen LogP contribution in [0.1, 0.15) is 90.2 Å². The highest BCUT2D eigenvalue weighted by Crippen LogP contribution is 2.41. The van der Waals surface area contributed by atoms with Crippen molar-refractivity contribution >= 4 is 53.2 Å². The van der Waals surface area contributed by atoms with E-state index in [0.717, 1.165) is 12.8 Å². The van der Waals surface area contributed by atoms with Crippen LogP contribution in [0.25, 0.3) is 0 Å². The molecule has 1 fully saturated rings. The molecule has 2 unspecified atom stereocenters. The Hall–Kier alpha value is -5.35. The highest BCUT2D eigenvalue weighted by molar-refractivity contribution is 6.04. The van der Waals surface area contributed by atoms with Gasteiger partial charge in [0.15, 0.2) is 0 Å². The number of rotatable bonds is 23. The number of carbonyl (C=O) groups excluding carboxylic acids is 8. The molecule has 0 spiro atoms. The van der Waals surface area contributed by atoms with E-state index >= 15 is 0 Å². The number of imide groups is 1. The van der Waals surface area contributed by atoms with Crippen LogP contribution < -0.4 is 32.3 Å². The lowest BCUT2D eigenvalue weighted by Crippen LogP contribution is -2.47. The summed E-state index contributed by atoms with van der Waals surface area (Å²) in [6.45, 7) is 4.76. The van der Waals surface area contributed by atoms with Crippen LogP contribution in [0.5, 0.6) is 0 Å². The number of likely N-dealkylation sites (tertiary alicyclic amines) is 1. The number of aliphatic carboxylic acids is 1. The van der Waals surface area contributed by atoms with Gasteiger partial charge in [-0.3, -0.25) is 48.1 Å². The lowest BCUT2D eigenvalue weighted by Gasteiger charge is -2.31. The molecule has 0 saturated carbocycles. The number of hydrogen-bond acceptors (Lipinski definition) is 9. The number of carbonyl (C=O) groups is 9. The fraction of sp³-hybridized carbons (Fsp3) is 0.571. The van der Waals surface area contributed by atoms with Crippen LogP contribution in [0, 0.1) is 11.3 Å². The number of carboxylic acid groups (broad SMARTS) is 1. The second kappa shape index (κ2) is 21.1. The van der Waals surface area contributed by atoms with Crippen molar-refractivity contribution in [3.8, 4) is 0 Å². The van der Waals surface area contributed by atoms with Gasteiger partial charge in [-0.25, -0.2) is 0 Å². The van der Waals surface area contributed by atoms with Crippen LogP contribution in [0.3, 0.4) is 0 Å². The van der Waals surface area contributed by atoms with E-state index in [1.807, 2.05) is 20.8 Å². The lowest BCUT2D eigenvalue weighted by molar-refractivity contribution is -0.141. The van der Waals surface area contributed by atoms with E-state index in [2.05, 4.69) is 26.6 Å². The lowest BCUT2D eigenvalue weighted by atomic mass is 9.72. The monoisotopic (exact) mass is 729 g/mol. The van der Waals surface area contributed by atoms with Gasteiger partial charge in [-0.05, 0) is 36.7 Å². The standard InChI is InChI=1S/C35H51N7O10/c1-4-35(3,5-2)24-18-30(48)42(34(24)52)15-11-7-10-14-26(44)40-23(17-31(49)50)16-27(45)37-20-28(46)38-21-29(47)41-32(22-12-8-6-9-13-22)33(51)39-19-25(36)43/h6,8-9,12-13,23-24,32H,4-5,7,10-11,14-21H2,1-3H3,(H2,36,43)(H,37,45)(H,38,46)(H,39,51)(H,40,44)(H,41,47)(H,49,50)/t23?,24?,32-/m0/s1. The molecule has 2 rings (SSSR count). The first kappa shape index (κ1) is 42.8. The van der Waals surface area contributed by atoms with Crippen LogP contribution in [-0.4, -0.2) is 95.5 Å². The van der Waals surface area contributed by atoms with Crippen LogP contribution in [0.15, 0.2) is 30.3 Å². The predicted molar refractivity (Wildman–Crippen MR) is 186 cm³/mol. The first-order valence-electron chi connectivity index (χ1n) is 17.4. The normalized spacial score (nSPS) is 15.3. The smallest absolute Gasteiger partial charge is 0.305 e. The number of nitrogens with two attached hydrogens (primary N) is 1. The molecule has 8 amide bonds. The van der Waals surface area contributed by atoms with E-state index in [0.29, 0.717) is 24.8 Å². The van der Waals surface area contributed by atoms with Crippen molar-refractivity contribution in [3.63, 3.8) is 0 Å². The molecule has 3 atom stereocenters. The number of carboxylic acids is 1. The Balaban J connectivity index is 1.75. The largest absolute Gasteiger partial charge is 0.481 e. The zero-order chi connectivity index (χ0) is 38.8. The molecule has 1 aliphatic rings. The van der Waals surface area contributed by atoms with Gasteiger partial charge in [0.05, 0.1) is 32.0 Å². The molecule has 1 aromatic rings. The molecule has 1 aliphatic heterocycles. The maximum absolute atomic E-state index is 12.9. The maximum atomic E-state index is 12.9. The van der Waals surface area contributed by atoms with Crippen LogP contribution >= 0.6 is 0 Å². The summed E-state index contributed by atoms with van der Waals surface area (Å²) in [5.41, 5.74) is 5.24. The highest BCUT2D eigenvalue weighted by atomic mass is 16.4. The topological polar surface area (TPSA) is 263 Å². The Labute approximate surface area is 302 Å². The maximum Gasteiger partial charge on any atom is 0.305 e. The second-order valence-corrected chi connectivity index (χ2v) is 13.0. The van der Waals surface area contributed by atoms with Crippen molar-refractivity contribution in [2.45, 2.75) is 90.6 Å². The summed E-state index contributed by atoms with van der Waals surface area (Å²) in [4.78, 5) is 112. The predicted octanol–water partition coefficient (Wildman–Crippen LogP) is -0.211. The molecule has 52 heavy (non-hydrogen) atoms. The van der Waals surface area contributed by atoms with Crippen molar-refractivity contribution in [1.29, 1.82) is 0 Å². The molecule has 0 aliphatic carbocycles. The number of amides is 8. The fourth-order valence-electron chi connectivity index (χ4n) is 5.77. The number of primary amides is 1. The molecule has 0 radical (unpaired) electrons. The quantitative estimate of drug-likeness (QED) is 0.0576. The summed E-state index contributed by atoms with van der Waals surface area (Å²) in [7, 11) is 0. The van der Waals surface area contributed by atoms with Gasteiger partial charge in [-0.2, -0.15) is 0 Å². The minimum absolute atomic E-state index is 0.0361. The Morgan fingerprint density at radius 1 is 0.827 bits per heavy atom. The van der Waals surface area contributed by atoms with E-state index < -0.39 is 86.0 Å². The molecular weight excluding hydrogens is 678 g/mol. The molecule has 17 heteroatoms. The van der Waals surface area contributed by atoms with Gasteiger partial charge >= 0.3 is 5.97 Å². The van der Waals surface area contributed by atoms with Gasteiger partial charge in [-0.15, -0.1) is 0 Å². The molecule has 1 saturated heterocycles. The fourth-order valence-corrected chi connectivity index (χ4v) is 5.77. The third kappa shape index (κ3) is 14.1. The number of nitrogens with zero attached hydrogens (tertiary/aromatic N) is 1. The zero-order valence-electron chi connectivity index (χ0n) is 30.0. The zero-order valence-corrected chi connectivity index (χ0v) is 30.0.